The molecule has 0 bridgehead atoms. The Labute approximate surface area is 137 Å². The van der Waals surface area contributed by atoms with Gasteiger partial charge in [-0.25, -0.2) is 0 Å². The quantitative estimate of drug-likeness (QED) is 0.797. The van der Waals surface area contributed by atoms with Crippen LogP contribution in [-0.4, -0.2) is 35.9 Å². The Morgan fingerprint density at radius 3 is 2.82 bits per heavy atom. The SMILES string of the molecule is Cc1c(CN(C(=O)CCl)C2CCOCC2)ccc2c1CCC2. The maximum absolute atomic E-state index is 12.3. The number of carbonyl (C=O) groups is 1. The van der Waals surface area contributed by atoms with Crippen LogP contribution in [0, 0.1) is 6.92 Å². The fraction of sp³-hybridized carbons (Fsp3) is 0.611. The van der Waals surface area contributed by atoms with E-state index in [0.717, 1.165) is 26.1 Å². The van der Waals surface area contributed by atoms with Crippen molar-refractivity contribution in [1.82, 2.24) is 4.90 Å². The fourth-order valence-corrected chi connectivity index (χ4v) is 3.90. The van der Waals surface area contributed by atoms with Crippen LogP contribution >= 0.6 is 11.6 Å². The van der Waals surface area contributed by atoms with Gasteiger partial charge in [0.15, 0.2) is 0 Å². The molecule has 120 valence electrons. The highest BCUT2D eigenvalue weighted by atomic mass is 35.5. The van der Waals surface area contributed by atoms with Crippen molar-refractivity contribution >= 4 is 17.5 Å². The largest absolute Gasteiger partial charge is 0.381 e. The number of carbonyl (C=O) groups excluding carboxylic acids is 1. The standard InChI is InChI=1S/C18H24ClNO2/c1-13-15(6-5-14-3-2-4-17(13)14)12-20(18(21)11-19)16-7-9-22-10-8-16/h5-6,16H,2-4,7-12H2,1H3. The number of hydrogen-bond donors (Lipinski definition) is 0. The van der Waals surface area contributed by atoms with Gasteiger partial charge in [-0.3, -0.25) is 4.79 Å². The third-order valence-corrected chi connectivity index (χ3v) is 5.32. The average Bonchev–Trinajstić information content (AvgIpc) is 3.04. The molecule has 1 amide bonds. The molecule has 1 heterocycles. The van der Waals surface area contributed by atoms with E-state index >= 15 is 0 Å². The Bertz CT molecular complexity index is 552. The molecule has 22 heavy (non-hydrogen) atoms. The summed E-state index contributed by atoms with van der Waals surface area (Å²) in [5, 5.41) is 0. The van der Waals surface area contributed by atoms with Crippen LogP contribution in [0.1, 0.15) is 41.5 Å². The lowest BCUT2D eigenvalue weighted by atomic mass is 9.97. The molecule has 0 atom stereocenters. The van der Waals surface area contributed by atoms with Crippen molar-refractivity contribution in [3.8, 4) is 0 Å². The second kappa shape index (κ2) is 7.01. The lowest BCUT2D eigenvalue weighted by Gasteiger charge is -2.34. The van der Waals surface area contributed by atoms with E-state index in [9.17, 15) is 4.79 Å². The first-order valence-electron chi connectivity index (χ1n) is 8.24. The van der Waals surface area contributed by atoms with E-state index < -0.39 is 0 Å². The third-order valence-electron chi connectivity index (χ3n) is 5.09. The van der Waals surface area contributed by atoms with Crippen LogP contribution in [-0.2, 0) is 28.9 Å². The monoisotopic (exact) mass is 321 g/mol. The van der Waals surface area contributed by atoms with E-state index in [1.807, 2.05) is 4.90 Å². The van der Waals surface area contributed by atoms with Crippen molar-refractivity contribution in [3.63, 3.8) is 0 Å². The number of aryl methyl sites for hydroxylation is 1. The minimum absolute atomic E-state index is 0.0356. The molecule has 2 aliphatic rings. The van der Waals surface area contributed by atoms with Gasteiger partial charge in [-0.05, 0) is 61.3 Å². The Hall–Kier alpha value is -1.06. The summed E-state index contributed by atoms with van der Waals surface area (Å²) in [7, 11) is 0. The molecule has 0 spiro atoms. The van der Waals surface area contributed by atoms with Gasteiger partial charge in [-0.1, -0.05) is 12.1 Å². The van der Waals surface area contributed by atoms with Gasteiger partial charge in [0, 0.05) is 25.8 Å². The highest BCUT2D eigenvalue weighted by Gasteiger charge is 2.26. The molecule has 3 rings (SSSR count). The fourth-order valence-electron chi connectivity index (χ4n) is 3.75. The van der Waals surface area contributed by atoms with E-state index in [2.05, 4.69) is 19.1 Å². The van der Waals surface area contributed by atoms with E-state index in [1.54, 1.807) is 0 Å². The van der Waals surface area contributed by atoms with Gasteiger partial charge in [-0.15, -0.1) is 11.6 Å². The lowest BCUT2D eigenvalue weighted by Crippen LogP contribution is -2.43. The normalized spacial score (nSPS) is 18.3. The number of halogens is 1. The molecule has 0 saturated carbocycles. The van der Waals surface area contributed by atoms with Crippen molar-refractivity contribution < 1.29 is 9.53 Å². The highest BCUT2D eigenvalue weighted by molar-refractivity contribution is 6.27. The van der Waals surface area contributed by atoms with Gasteiger partial charge >= 0.3 is 0 Å². The number of rotatable bonds is 4. The van der Waals surface area contributed by atoms with Gasteiger partial charge in [0.05, 0.1) is 0 Å². The van der Waals surface area contributed by atoms with Gasteiger partial charge in [0.2, 0.25) is 5.91 Å². The van der Waals surface area contributed by atoms with E-state index in [4.69, 9.17) is 16.3 Å². The Balaban J connectivity index is 1.82. The Morgan fingerprint density at radius 2 is 2.09 bits per heavy atom. The summed E-state index contributed by atoms with van der Waals surface area (Å²) in [6.45, 7) is 4.35. The predicted molar refractivity (Wildman–Crippen MR) is 88.3 cm³/mol. The summed E-state index contributed by atoms with van der Waals surface area (Å²) in [4.78, 5) is 14.3. The first-order valence-corrected chi connectivity index (χ1v) is 8.77. The minimum atomic E-state index is 0.0356. The first kappa shape index (κ1) is 15.8. The molecule has 1 aromatic rings. The molecular weight excluding hydrogens is 298 g/mol. The molecule has 1 saturated heterocycles. The zero-order valence-corrected chi connectivity index (χ0v) is 14.0. The Morgan fingerprint density at radius 1 is 1.32 bits per heavy atom. The van der Waals surface area contributed by atoms with E-state index in [-0.39, 0.29) is 17.8 Å². The number of benzene rings is 1. The van der Waals surface area contributed by atoms with Gasteiger partial charge in [0.1, 0.15) is 5.88 Å². The second-order valence-corrected chi connectivity index (χ2v) is 6.61. The molecule has 4 heteroatoms. The van der Waals surface area contributed by atoms with Crippen LogP contribution in [0.4, 0.5) is 0 Å². The van der Waals surface area contributed by atoms with Crippen LogP contribution in [0.25, 0.3) is 0 Å². The van der Waals surface area contributed by atoms with Crippen molar-refractivity contribution in [2.24, 2.45) is 0 Å². The Kier molecular flexibility index (Phi) is 5.04. The summed E-state index contributed by atoms with van der Waals surface area (Å²) >= 11 is 5.84. The van der Waals surface area contributed by atoms with Crippen molar-refractivity contribution in [2.45, 2.75) is 51.6 Å². The molecule has 1 aliphatic heterocycles. The molecular formula is C18H24ClNO2. The molecule has 0 N–H and O–H groups in total. The maximum Gasteiger partial charge on any atom is 0.238 e. The summed E-state index contributed by atoms with van der Waals surface area (Å²) in [6, 6.07) is 4.71. The van der Waals surface area contributed by atoms with E-state index in [1.165, 1.54) is 41.5 Å². The topological polar surface area (TPSA) is 29.5 Å². The van der Waals surface area contributed by atoms with Crippen LogP contribution in [0.5, 0.6) is 0 Å². The third kappa shape index (κ3) is 3.16. The van der Waals surface area contributed by atoms with Crippen LogP contribution in [0.2, 0.25) is 0 Å². The van der Waals surface area contributed by atoms with Gasteiger partial charge in [-0.2, -0.15) is 0 Å². The molecule has 0 aromatic heterocycles. The first-order chi connectivity index (χ1) is 10.7. The number of nitrogens with zero attached hydrogens (tertiary/aromatic N) is 1. The van der Waals surface area contributed by atoms with Crippen molar-refractivity contribution in [1.29, 1.82) is 0 Å². The minimum Gasteiger partial charge on any atom is -0.381 e. The lowest BCUT2D eigenvalue weighted by molar-refractivity contribution is -0.133. The molecule has 1 fully saturated rings. The second-order valence-electron chi connectivity index (χ2n) is 6.34. The van der Waals surface area contributed by atoms with E-state index in [0.29, 0.717) is 6.54 Å². The zero-order chi connectivity index (χ0) is 15.5. The number of amides is 1. The van der Waals surface area contributed by atoms with Gasteiger partial charge < -0.3 is 9.64 Å². The molecule has 1 aliphatic carbocycles. The predicted octanol–water partition coefficient (Wildman–Crippen LogP) is 3.23. The molecule has 1 aromatic carbocycles. The van der Waals surface area contributed by atoms with Gasteiger partial charge in [0.25, 0.3) is 0 Å². The summed E-state index contributed by atoms with van der Waals surface area (Å²) in [5.74, 6) is 0.0925. The zero-order valence-electron chi connectivity index (χ0n) is 13.2. The molecule has 3 nitrogen and oxygen atoms in total. The smallest absolute Gasteiger partial charge is 0.238 e. The number of alkyl halides is 1. The highest BCUT2D eigenvalue weighted by Crippen LogP contribution is 2.29. The summed E-state index contributed by atoms with van der Waals surface area (Å²) in [6.07, 6.45) is 5.44. The number of hydrogen-bond acceptors (Lipinski definition) is 2. The number of fused-ring (bicyclic) bond motifs is 1. The summed E-state index contributed by atoms with van der Waals surface area (Å²) in [5.41, 5.74) is 5.63. The molecule has 0 radical (unpaired) electrons. The number of ether oxygens (including phenoxy) is 1. The summed E-state index contributed by atoms with van der Waals surface area (Å²) < 4.78 is 5.43. The van der Waals surface area contributed by atoms with Crippen LogP contribution in [0.15, 0.2) is 12.1 Å². The average molecular weight is 322 g/mol. The molecule has 0 unspecified atom stereocenters. The van der Waals surface area contributed by atoms with Crippen molar-refractivity contribution in [3.05, 3.63) is 34.4 Å². The van der Waals surface area contributed by atoms with Crippen molar-refractivity contribution in [2.75, 3.05) is 19.1 Å². The van der Waals surface area contributed by atoms with Crippen LogP contribution < -0.4 is 0 Å². The maximum atomic E-state index is 12.3. The van der Waals surface area contributed by atoms with Crippen LogP contribution in [0.3, 0.4) is 0 Å².